The fourth-order valence-corrected chi connectivity index (χ4v) is 4.40. The van der Waals surface area contributed by atoms with E-state index >= 15 is 0 Å². The summed E-state index contributed by atoms with van der Waals surface area (Å²) < 4.78 is 0.740. The van der Waals surface area contributed by atoms with E-state index in [1.165, 1.54) is 0 Å². The van der Waals surface area contributed by atoms with E-state index in [1.54, 1.807) is 22.2 Å². The number of anilines is 2. The number of carbonyl (C=O) groups excluding carboxylic acids is 2. The van der Waals surface area contributed by atoms with E-state index in [-0.39, 0.29) is 11.9 Å². The van der Waals surface area contributed by atoms with Crippen molar-refractivity contribution in [1.29, 1.82) is 0 Å². The number of pyridine rings is 2. The Morgan fingerprint density at radius 3 is 2.70 bits per heavy atom. The summed E-state index contributed by atoms with van der Waals surface area (Å²) in [7, 11) is 0. The molecule has 0 spiro atoms. The number of aryl methyl sites for hydroxylation is 2. The zero-order chi connectivity index (χ0) is 21.4. The molecule has 1 N–H and O–H groups in total. The average molecular weight is 468 g/mol. The van der Waals surface area contributed by atoms with Crippen molar-refractivity contribution < 1.29 is 9.59 Å². The number of hydrogen-bond acceptors (Lipinski definition) is 4. The summed E-state index contributed by atoms with van der Waals surface area (Å²) in [6, 6.07) is 7.38. The second kappa shape index (κ2) is 8.02. The molecule has 0 saturated carbocycles. The molecule has 3 amide bonds. The Bertz CT molecular complexity index is 1140. The number of nitrogens with zero attached hydrogens (tertiary/aromatic N) is 4. The van der Waals surface area contributed by atoms with Crippen molar-refractivity contribution in [3.05, 3.63) is 58.0 Å². The molecule has 0 bridgehead atoms. The molecular formula is C22H22BrN5O2. The maximum absolute atomic E-state index is 13.0. The normalized spacial score (nSPS) is 13.9. The fraction of sp³-hybridized carbons (Fsp3) is 0.273. The van der Waals surface area contributed by atoms with Crippen molar-refractivity contribution in [2.75, 3.05) is 29.9 Å². The molecule has 2 aromatic heterocycles. The van der Waals surface area contributed by atoms with E-state index in [0.29, 0.717) is 42.1 Å². The van der Waals surface area contributed by atoms with Gasteiger partial charge in [0, 0.05) is 37.4 Å². The zero-order valence-corrected chi connectivity index (χ0v) is 18.7. The molecule has 1 aliphatic rings. The third-order valence-corrected chi connectivity index (χ3v) is 5.98. The van der Waals surface area contributed by atoms with Crippen LogP contribution in [0, 0.1) is 13.8 Å². The molecule has 1 aliphatic heterocycles. The number of para-hydroxylation sites is 1. The van der Waals surface area contributed by atoms with Gasteiger partial charge in [0.25, 0.3) is 5.91 Å². The molecule has 0 radical (unpaired) electrons. The van der Waals surface area contributed by atoms with Crippen LogP contribution >= 0.6 is 15.9 Å². The largest absolute Gasteiger partial charge is 0.324 e. The van der Waals surface area contributed by atoms with Crippen molar-refractivity contribution in [2.24, 2.45) is 0 Å². The van der Waals surface area contributed by atoms with E-state index in [0.717, 1.165) is 21.1 Å². The second-order valence-electron chi connectivity index (χ2n) is 7.21. The van der Waals surface area contributed by atoms with Gasteiger partial charge in [-0.2, -0.15) is 0 Å². The highest BCUT2D eigenvalue weighted by Gasteiger charge is 2.31. The van der Waals surface area contributed by atoms with Crippen molar-refractivity contribution in [2.45, 2.75) is 20.8 Å². The molecule has 0 atom stereocenters. The molecular weight excluding hydrogens is 446 g/mol. The second-order valence-corrected chi connectivity index (χ2v) is 8.07. The summed E-state index contributed by atoms with van der Waals surface area (Å²) in [6.45, 7) is 7.63. The minimum absolute atomic E-state index is 0.0262. The van der Waals surface area contributed by atoms with Crippen LogP contribution in [0.15, 0.2) is 41.1 Å². The van der Waals surface area contributed by atoms with Crippen LogP contribution in [-0.2, 0) is 0 Å². The molecule has 3 aromatic rings. The Labute approximate surface area is 183 Å². The molecule has 3 heterocycles. The Hall–Kier alpha value is -3.00. The van der Waals surface area contributed by atoms with Gasteiger partial charge in [0.1, 0.15) is 0 Å². The molecule has 1 aromatic carbocycles. The van der Waals surface area contributed by atoms with Crippen molar-refractivity contribution in [3.8, 4) is 0 Å². The number of amides is 3. The molecule has 8 heteroatoms. The third kappa shape index (κ3) is 3.41. The van der Waals surface area contributed by atoms with Crippen molar-refractivity contribution in [3.63, 3.8) is 0 Å². The highest BCUT2D eigenvalue weighted by Crippen LogP contribution is 2.37. The number of urea groups is 1. The standard InChI is InChI=1S/C22H22BrN5O2/c1-4-27-10-11-28(22(27)30)20-15-6-5-7-17(19(15)25-12-16(20)23)26-21(29)18-13(2)8-9-24-14(18)3/h5-9,12H,4,10-11H2,1-3H3,(H,26,29). The first-order valence-corrected chi connectivity index (χ1v) is 10.6. The number of carbonyl (C=O) groups is 2. The minimum atomic E-state index is -0.230. The van der Waals surface area contributed by atoms with Gasteiger partial charge >= 0.3 is 6.03 Å². The molecule has 0 unspecified atom stereocenters. The minimum Gasteiger partial charge on any atom is -0.323 e. The Morgan fingerprint density at radius 2 is 2.00 bits per heavy atom. The number of halogens is 1. The summed E-state index contributed by atoms with van der Waals surface area (Å²) in [5.74, 6) is -0.230. The van der Waals surface area contributed by atoms with Crippen LogP contribution in [0.3, 0.4) is 0 Å². The zero-order valence-electron chi connectivity index (χ0n) is 17.1. The first-order valence-electron chi connectivity index (χ1n) is 9.79. The number of fused-ring (bicyclic) bond motifs is 1. The van der Waals surface area contributed by atoms with Gasteiger partial charge in [-0.05, 0) is 54.4 Å². The molecule has 30 heavy (non-hydrogen) atoms. The van der Waals surface area contributed by atoms with Gasteiger partial charge in [0.05, 0.1) is 32.6 Å². The number of aromatic nitrogens is 2. The van der Waals surface area contributed by atoms with Gasteiger partial charge < -0.3 is 10.2 Å². The molecule has 1 saturated heterocycles. The first-order chi connectivity index (χ1) is 14.4. The predicted molar refractivity (Wildman–Crippen MR) is 121 cm³/mol. The van der Waals surface area contributed by atoms with Gasteiger partial charge in [-0.25, -0.2) is 4.79 Å². The summed E-state index contributed by atoms with van der Waals surface area (Å²) in [5.41, 5.74) is 4.08. The van der Waals surface area contributed by atoms with Crippen molar-refractivity contribution >= 4 is 50.1 Å². The van der Waals surface area contributed by atoms with E-state index in [4.69, 9.17) is 0 Å². The third-order valence-electron chi connectivity index (χ3n) is 5.40. The summed E-state index contributed by atoms with van der Waals surface area (Å²) >= 11 is 3.56. The Kier molecular flexibility index (Phi) is 5.42. The van der Waals surface area contributed by atoms with Crippen LogP contribution in [0.4, 0.5) is 16.2 Å². The van der Waals surface area contributed by atoms with Crippen LogP contribution in [0.5, 0.6) is 0 Å². The van der Waals surface area contributed by atoms with Gasteiger partial charge in [-0.15, -0.1) is 0 Å². The van der Waals surface area contributed by atoms with Crippen LogP contribution in [-0.4, -0.2) is 46.4 Å². The van der Waals surface area contributed by atoms with E-state index in [9.17, 15) is 9.59 Å². The van der Waals surface area contributed by atoms with E-state index in [1.807, 2.05) is 45.0 Å². The quantitative estimate of drug-likeness (QED) is 0.611. The summed E-state index contributed by atoms with van der Waals surface area (Å²) in [6.07, 6.45) is 3.37. The lowest BCUT2D eigenvalue weighted by molar-refractivity contribution is 0.102. The predicted octanol–water partition coefficient (Wildman–Crippen LogP) is 4.52. The highest BCUT2D eigenvalue weighted by molar-refractivity contribution is 9.10. The summed E-state index contributed by atoms with van der Waals surface area (Å²) in [4.78, 5) is 38.1. The fourth-order valence-electron chi connectivity index (χ4n) is 3.87. The number of nitrogens with one attached hydrogen (secondary N) is 1. The summed E-state index contributed by atoms with van der Waals surface area (Å²) in [5, 5.41) is 3.78. The number of benzene rings is 1. The molecule has 4 rings (SSSR count). The highest BCUT2D eigenvalue weighted by atomic mass is 79.9. The lowest BCUT2D eigenvalue weighted by Crippen LogP contribution is -2.32. The van der Waals surface area contributed by atoms with Crippen LogP contribution < -0.4 is 10.2 Å². The van der Waals surface area contributed by atoms with Gasteiger partial charge in [0.15, 0.2) is 0 Å². The molecule has 154 valence electrons. The molecule has 0 aliphatic carbocycles. The smallest absolute Gasteiger partial charge is 0.323 e. The number of likely N-dealkylation sites (N-methyl/N-ethyl adjacent to an activating group) is 1. The van der Waals surface area contributed by atoms with Crippen LogP contribution in [0.2, 0.25) is 0 Å². The van der Waals surface area contributed by atoms with Gasteiger partial charge in [-0.1, -0.05) is 12.1 Å². The van der Waals surface area contributed by atoms with Gasteiger partial charge in [0.2, 0.25) is 0 Å². The molecule has 1 fully saturated rings. The maximum atomic E-state index is 13.0. The Balaban J connectivity index is 1.77. The number of rotatable bonds is 4. The Morgan fingerprint density at radius 1 is 1.20 bits per heavy atom. The maximum Gasteiger partial charge on any atom is 0.324 e. The van der Waals surface area contributed by atoms with E-state index < -0.39 is 0 Å². The molecule has 7 nitrogen and oxygen atoms in total. The lowest BCUT2D eigenvalue weighted by atomic mass is 10.1. The number of hydrogen-bond donors (Lipinski definition) is 1. The first kappa shape index (κ1) is 20.3. The van der Waals surface area contributed by atoms with E-state index in [2.05, 4.69) is 31.2 Å². The average Bonchev–Trinajstić information content (AvgIpc) is 3.08. The van der Waals surface area contributed by atoms with Crippen molar-refractivity contribution in [1.82, 2.24) is 14.9 Å². The van der Waals surface area contributed by atoms with Crippen LogP contribution in [0.1, 0.15) is 28.5 Å². The monoisotopic (exact) mass is 467 g/mol. The SMILES string of the molecule is CCN1CCN(c2c(Br)cnc3c(NC(=O)c4c(C)ccnc4C)cccc23)C1=O. The lowest BCUT2D eigenvalue weighted by Gasteiger charge is -2.21. The topological polar surface area (TPSA) is 78.4 Å². The van der Waals surface area contributed by atoms with Crippen LogP contribution in [0.25, 0.3) is 10.9 Å². The van der Waals surface area contributed by atoms with Gasteiger partial charge in [-0.3, -0.25) is 19.7 Å².